The Labute approximate surface area is 75.8 Å². The second kappa shape index (κ2) is 3.84. The number of hydrogen-bond donors (Lipinski definition) is 0. The summed E-state index contributed by atoms with van der Waals surface area (Å²) < 4.78 is 1.60. The smallest absolute Gasteiger partial charge is 0.248 e. The van der Waals surface area contributed by atoms with Crippen molar-refractivity contribution in [2.75, 3.05) is 0 Å². The fourth-order valence-electron chi connectivity index (χ4n) is 0.980. The second-order valence-electron chi connectivity index (χ2n) is 2.63. The molecule has 0 unspecified atom stereocenters. The highest BCUT2D eigenvalue weighted by atomic mass is 16.6. The van der Waals surface area contributed by atoms with E-state index in [1.807, 2.05) is 0 Å². The lowest BCUT2D eigenvalue weighted by atomic mass is 10.3. The summed E-state index contributed by atoms with van der Waals surface area (Å²) in [6.45, 7) is 1.75. The Morgan fingerprint density at radius 3 is 2.92 bits per heavy atom. The number of rotatable bonds is 3. The van der Waals surface area contributed by atoms with Crippen molar-refractivity contribution in [3.05, 3.63) is 33.8 Å². The van der Waals surface area contributed by atoms with Gasteiger partial charge in [0.05, 0.1) is 10.6 Å². The molecule has 0 bridgehead atoms. The van der Waals surface area contributed by atoms with Gasteiger partial charge < -0.3 is 0 Å². The van der Waals surface area contributed by atoms with Gasteiger partial charge in [0.15, 0.2) is 0 Å². The first-order valence-corrected chi connectivity index (χ1v) is 3.98. The van der Waals surface area contributed by atoms with E-state index in [4.69, 9.17) is 0 Å². The summed E-state index contributed by atoms with van der Waals surface area (Å²) in [7, 11) is 1.75. The molecule has 5 heteroatoms. The lowest BCUT2D eigenvalue weighted by Crippen LogP contribution is -1.99. The van der Waals surface area contributed by atoms with Crippen LogP contribution < -0.4 is 0 Å². The van der Waals surface area contributed by atoms with E-state index in [-0.39, 0.29) is 10.6 Å². The van der Waals surface area contributed by atoms with Crippen LogP contribution >= 0.6 is 0 Å². The lowest BCUT2D eigenvalue weighted by molar-refractivity contribution is -0.425. The molecule has 0 fully saturated rings. The van der Waals surface area contributed by atoms with Gasteiger partial charge in [0.25, 0.3) is 0 Å². The first-order valence-electron chi connectivity index (χ1n) is 3.98. The van der Waals surface area contributed by atoms with Crippen molar-refractivity contribution in [3.63, 3.8) is 0 Å². The van der Waals surface area contributed by atoms with Gasteiger partial charge in [0, 0.05) is 25.7 Å². The van der Waals surface area contributed by atoms with E-state index in [1.165, 1.54) is 6.08 Å². The van der Waals surface area contributed by atoms with Crippen LogP contribution in [0, 0.1) is 10.1 Å². The highest BCUT2D eigenvalue weighted by molar-refractivity contribution is 5.46. The molecule has 0 amide bonds. The summed E-state index contributed by atoms with van der Waals surface area (Å²) in [6.07, 6.45) is 3.56. The fraction of sp³-hybridized carbons (Fsp3) is 0.375. The zero-order chi connectivity index (χ0) is 9.84. The van der Waals surface area contributed by atoms with Crippen LogP contribution in [0.4, 0.5) is 0 Å². The summed E-state index contributed by atoms with van der Waals surface area (Å²) in [4.78, 5) is 10.1. The second-order valence-corrected chi connectivity index (χ2v) is 2.63. The molecule has 70 valence electrons. The van der Waals surface area contributed by atoms with E-state index in [9.17, 15) is 10.1 Å². The van der Waals surface area contributed by atoms with Gasteiger partial charge in [-0.15, -0.1) is 0 Å². The molecule has 0 saturated heterocycles. The third-order valence-electron chi connectivity index (χ3n) is 1.77. The van der Waals surface area contributed by atoms with E-state index in [1.54, 1.807) is 30.9 Å². The van der Waals surface area contributed by atoms with Crippen LogP contribution in [0.5, 0.6) is 0 Å². The number of aromatic nitrogens is 2. The van der Waals surface area contributed by atoms with Crippen LogP contribution in [0.15, 0.2) is 18.0 Å². The van der Waals surface area contributed by atoms with Crippen LogP contribution in [0.25, 0.3) is 6.08 Å². The highest BCUT2D eigenvalue weighted by Crippen LogP contribution is 2.08. The minimum atomic E-state index is -0.368. The molecule has 0 aliphatic heterocycles. The first-order chi connectivity index (χ1) is 6.15. The van der Waals surface area contributed by atoms with E-state index < -0.39 is 0 Å². The molecule has 0 aromatic carbocycles. The van der Waals surface area contributed by atoms with E-state index >= 15 is 0 Å². The Morgan fingerprint density at radius 2 is 2.54 bits per heavy atom. The van der Waals surface area contributed by atoms with Gasteiger partial charge in [-0.25, -0.2) is 0 Å². The summed E-state index contributed by atoms with van der Waals surface area (Å²) in [5, 5.41) is 14.4. The van der Waals surface area contributed by atoms with Crippen molar-refractivity contribution in [2.45, 2.75) is 13.3 Å². The molecule has 0 aliphatic carbocycles. The van der Waals surface area contributed by atoms with E-state index in [0.717, 1.165) is 5.69 Å². The maximum absolute atomic E-state index is 10.5. The van der Waals surface area contributed by atoms with Gasteiger partial charge in [-0.3, -0.25) is 14.8 Å². The van der Waals surface area contributed by atoms with Crippen molar-refractivity contribution in [1.82, 2.24) is 9.78 Å². The molecule has 0 N–H and O–H groups in total. The lowest BCUT2D eigenvalue weighted by Gasteiger charge is -1.95. The molecule has 13 heavy (non-hydrogen) atoms. The average Bonchev–Trinajstić information content (AvgIpc) is 2.46. The Hall–Kier alpha value is -1.65. The summed E-state index contributed by atoms with van der Waals surface area (Å²) in [6, 6.07) is 1.74. The minimum absolute atomic E-state index is 0.198. The van der Waals surface area contributed by atoms with Gasteiger partial charge in [-0.1, -0.05) is 6.92 Å². The van der Waals surface area contributed by atoms with Crippen molar-refractivity contribution < 1.29 is 4.92 Å². The normalized spacial score (nSPS) is 11.7. The predicted molar refractivity (Wildman–Crippen MR) is 48.5 cm³/mol. The number of hydrogen-bond acceptors (Lipinski definition) is 3. The molecule has 1 rings (SSSR count). The molecule has 1 heterocycles. The third kappa shape index (κ3) is 2.14. The summed E-state index contributed by atoms with van der Waals surface area (Å²) >= 11 is 0. The number of nitro groups is 1. The topological polar surface area (TPSA) is 61.0 Å². The van der Waals surface area contributed by atoms with Crippen LogP contribution in [0.3, 0.4) is 0 Å². The monoisotopic (exact) mass is 181 g/mol. The summed E-state index contributed by atoms with van der Waals surface area (Å²) in [5.41, 5.74) is 0.942. The van der Waals surface area contributed by atoms with Crippen molar-refractivity contribution in [1.29, 1.82) is 0 Å². The number of allylic oxidation sites excluding steroid dienone is 1. The largest absolute Gasteiger partial charge is 0.268 e. The maximum Gasteiger partial charge on any atom is 0.248 e. The molecule has 0 aliphatic rings. The minimum Gasteiger partial charge on any atom is -0.268 e. The average molecular weight is 181 g/mol. The zero-order valence-electron chi connectivity index (χ0n) is 7.60. The van der Waals surface area contributed by atoms with Crippen molar-refractivity contribution in [2.24, 2.45) is 7.05 Å². The standard InChI is InChI=1S/C8H11N3O2/c1-3-7(11(12)13)6-8-4-5-9-10(8)2/h4-6H,3H2,1-2H3/b7-6+. The Balaban J connectivity index is 2.98. The van der Waals surface area contributed by atoms with Crippen LogP contribution in [-0.2, 0) is 7.05 Å². The molecule has 0 atom stereocenters. The SMILES string of the molecule is CC/C(=C\c1ccnn1C)[N+](=O)[O-]. The zero-order valence-corrected chi connectivity index (χ0v) is 7.60. The maximum atomic E-state index is 10.5. The van der Waals surface area contributed by atoms with E-state index in [2.05, 4.69) is 5.10 Å². The highest BCUT2D eigenvalue weighted by Gasteiger charge is 2.08. The molecule has 1 aromatic heterocycles. The van der Waals surface area contributed by atoms with E-state index in [0.29, 0.717) is 6.42 Å². The molecular formula is C8H11N3O2. The third-order valence-corrected chi connectivity index (χ3v) is 1.77. The fourth-order valence-corrected chi connectivity index (χ4v) is 0.980. The quantitative estimate of drug-likeness (QED) is 0.523. The first kappa shape index (κ1) is 9.44. The van der Waals surface area contributed by atoms with Gasteiger partial charge in [0.1, 0.15) is 0 Å². The van der Waals surface area contributed by atoms with Crippen molar-refractivity contribution >= 4 is 6.08 Å². The van der Waals surface area contributed by atoms with Crippen LogP contribution in [0.2, 0.25) is 0 Å². The molecule has 0 radical (unpaired) electrons. The van der Waals surface area contributed by atoms with Gasteiger partial charge in [-0.2, -0.15) is 5.10 Å². The number of aryl methyl sites for hydroxylation is 1. The van der Waals surface area contributed by atoms with Crippen LogP contribution in [0.1, 0.15) is 19.0 Å². The Kier molecular flexibility index (Phi) is 2.79. The Bertz CT molecular complexity index is 341. The predicted octanol–water partition coefficient (Wildman–Crippen LogP) is 1.45. The Morgan fingerprint density at radius 1 is 1.85 bits per heavy atom. The van der Waals surface area contributed by atoms with Gasteiger partial charge >= 0.3 is 0 Å². The molecule has 0 saturated carbocycles. The van der Waals surface area contributed by atoms with Gasteiger partial charge in [0.2, 0.25) is 5.70 Å². The summed E-state index contributed by atoms with van der Waals surface area (Å²) in [5.74, 6) is 0. The van der Waals surface area contributed by atoms with Gasteiger partial charge in [-0.05, 0) is 6.07 Å². The number of nitrogens with zero attached hydrogens (tertiary/aromatic N) is 3. The molecule has 0 spiro atoms. The molecular weight excluding hydrogens is 170 g/mol. The van der Waals surface area contributed by atoms with Crippen LogP contribution in [-0.4, -0.2) is 14.7 Å². The van der Waals surface area contributed by atoms with Crippen molar-refractivity contribution in [3.8, 4) is 0 Å². The molecule has 5 nitrogen and oxygen atoms in total. The molecule has 1 aromatic rings.